The molecule has 0 heterocycles. The lowest BCUT2D eigenvalue weighted by molar-refractivity contribution is 0.327. The predicted molar refractivity (Wildman–Crippen MR) is 80.8 cm³/mol. The highest BCUT2D eigenvalue weighted by Crippen LogP contribution is 2.20. The summed E-state index contributed by atoms with van der Waals surface area (Å²) in [5.74, 6) is 0.750. The van der Waals surface area contributed by atoms with Crippen molar-refractivity contribution in [1.82, 2.24) is 0 Å². The molecule has 0 atom stereocenters. The predicted octanol–water partition coefficient (Wildman–Crippen LogP) is 3.09. The van der Waals surface area contributed by atoms with Gasteiger partial charge in [-0.1, -0.05) is 29.8 Å². The summed E-state index contributed by atoms with van der Waals surface area (Å²) in [7, 11) is 2.06. The molecule has 0 unspecified atom stereocenters. The molecule has 2 aromatic carbocycles. The van der Waals surface area contributed by atoms with Crippen LogP contribution in [0.3, 0.4) is 0 Å². The van der Waals surface area contributed by atoms with Crippen LogP contribution < -0.4 is 15.4 Å². The largest absolute Gasteiger partial charge is 0.490 e. The molecule has 0 radical (unpaired) electrons. The number of aryl methyl sites for hydroxylation is 1. The number of benzene rings is 2. The Morgan fingerprint density at radius 3 is 2.42 bits per heavy atom. The topological polar surface area (TPSA) is 38.5 Å². The summed E-state index contributed by atoms with van der Waals surface area (Å²) in [6, 6.07) is 16.0. The van der Waals surface area contributed by atoms with E-state index in [0.29, 0.717) is 12.3 Å². The van der Waals surface area contributed by atoms with E-state index in [-0.39, 0.29) is 0 Å². The maximum Gasteiger partial charge on any atom is 0.142 e. The van der Waals surface area contributed by atoms with Crippen molar-refractivity contribution in [2.24, 2.45) is 0 Å². The molecular formula is C16H20N2O. The van der Waals surface area contributed by atoms with Gasteiger partial charge in [0.05, 0.1) is 12.2 Å². The van der Waals surface area contributed by atoms with Crippen molar-refractivity contribution in [1.29, 1.82) is 0 Å². The summed E-state index contributed by atoms with van der Waals surface area (Å²) in [6.07, 6.45) is 0. The van der Waals surface area contributed by atoms with Gasteiger partial charge < -0.3 is 15.4 Å². The van der Waals surface area contributed by atoms with Crippen molar-refractivity contribution in [2.75, 3.05) is 30.8 Å². The van der Waals surface area contributed by atoms with Crippen molar-refractivity contribution in [3.8, 4) is 5.75 Å². The van der Waals surface area contributed by atoms with Crippen LogP contribution in [0.15, 0.2) is 48.5 Å². The minimum Gasteiger partial charge on any atom is -0.490 e. The van der Waals surface area contributed by atoms with E-state index in [1.165, 1.54) is 11.3 Å². The van der Waals surface area contributed by atoms with Gasteiger partial charge in [0.1, 0.15) is 12.4 Å². The van der Waals surface area contributed by atoms with Crippen LogP contribution in [0.2, 0.25) is 0 Å². The molecule has 0 bridgehead atoms. The zero-order valence-electron chi connectivity index (χ0n) is 11.5. The molecule has 19 heavy (non-hydrogen) atoms. The lowest BCUT2D eigenvalue weighted by atomic mass is 10.2. The summed E-state index contributed by atoms with van der Waals surface area (Å²) in [5, 5.41) is 0. The van der Waals surface area contributed by atoms with Crippen LogP contribution in [0.25, 0.3) is 0 Å². The van der Waals surface area contributed by atoms with Gasteiger partial charge in [-0.05, 0) is 31.2 Å². The van der Waals surface area contributed by atoms with Gasteiger partial charge in [0.25, 0.3) is 0 Å². The Bertz CT molecular complexity index is 523. The van der Waals surface area contributed by atoms with E-state index >= 15 is 0 Å². The van der Waals surface area contributed by atoms with Gasteiger partial charge in [-0.2, -0.15) is 0 Å². The third kappa shape index (κ3) is 3.65. The highest BCUT2D eigenvalue weighted by molar-refractivity contribution is 5.52. The summed E-state index contributed by atoms with van der Waals surface area (Å²) in [5.41, 5.74) is 8.97. The molecule has 0 aromatic heterocycles. The molecule has 0 fully saturated rings. The minimum absolute atomic E-state index is 0.610. The number of hydrogen-bond donors (Lipinski definition) is 1. The lowest BCUT2D eigenvalue weighted by Crippen LogP contribution is -2.23. The molecule has 0 saturated carbocycles. The fraction of sp³-hybridized carbons (Fsp3) is 0.250. The van der Waals surface area contributed by atoms with E-state index < -0.39 is 0 Å². The van der Waals surface area contributed by atoms with Crippen LogP contribution in [-0.2, 0) is 0 Å². The third-order valence-corrected chi connectivity index (χ3v) is 3.08. The van der Waals surface area contributed by atoms with Gasteiger partial charge in [0, 0.05) is 12.7 Å². The summed E-state index contributed by atoms with van der Waals surface area (Å²) >= 11 is 0. The van der Waals surface area contributed by atoms with Gasteiger partial charge in [-0.3, -0.25) is 0 Å². The fourth-order valence-corrected chi connectivity index (χ4v) is 1.83. The molecule has 2 aromatic rings. The number of para-hydroxylation sites is 2. The Labute approximate surface area is 114 Å². The number of nitrogens with two attached hydrogens (primary N) is 1. The molecule has 0 aliphatic heterocycles. The summed E-state index contributed by atoms with van der Waals surface area (Å²) in [6.45, 7) is 3.51. The van der Waals surface area contributed by atoms with E-state index in [9.17, 15) is 0 Å². The molecule has 0 saturated heterocycles. The maximum atomic E-state index is 5.83. The van der Waals surface area contributed by atoms with Crippen LogP contribution in [0, 0.1) is 6.92 Å². The summed E-state index contributed by atoms with van der Waals surface area (Å²) in [4.78, 5) is 2.17. The summed E-state index contributed by atoms with van der Waals surface area (Å²) < 4.78 is 5.69. The number of nitrogens with zero attached hydrogens (tertiary/aromatic N) is 1. The number of nitrogen functional groups attached to an aromatic ring is 1. The Hall–Kier alpha value is -2.16. The lowest BCUT2D eigenvalue weighted by Gasteiger charge is -2.20. The average molecular weight is 256 g/mol. The second-order valence-corrected chi connectivity index (χ2v) is 4.64. The number of rotatable bonds is 5. The van der Waals surface area contributed by atoms with E-state index in [1.807, 2.05) is 24.3 Å². The number of hydrogen-bond acceptors (Lipinski definition) is 3. The Morgan fingerprint density at radius 1 is 1.05 bits per heavy atom. The average Bonchev–Trinajstić information content (AvgIpc) is 2.41. The molecule has 2 rings (SSSR count). The molecular weight excluding hydrogens is 236 g/mol. The number of likely N-dealkylation sites (N-methyl/N-ethyl adjacent to an activating group) is 1. The van der Waals surface area contributed by atoms with Crippen LogP contribution in [0.4, 0.5) is 11.4 Å². The molecule has 0 aliphatic rings. The highest BCUT2D eigenvalue weighted by atomic mass is 16.5. The van der Waals surface area contributed by atoms with Crippen molar-refractivity contribution in [2.45, 2.75) is 6.92 Å². The Kier molecular flexibility index (Phi) is 4.29. The van der Waals surface area contributed by atoms with Crippen LogP contribution >= 0.6 is 0 Å². The second kappa shape index (κ2) is 6.14. The first kappa shape index (κ1) is 13.3. The zero-order valence-corrected chi connectivity index (χ0v) is 11.5. The molecule has 0 amide bonds. The van der Waals surface area contributed by atoms with Crippen LogP contribution in [0.5, 0.6) is 5.75 Å². The van der Waals surface area contributed by atoms with Crippen molar-refractivity contribution in [3.63, 3.8) is 0 Å². The first-order valence-electron chi connectivity index (χ1n) is 6.42. The van der Waals surface area contributed by atoms with Gasteiger partial charge in [0.2, 0.25) is 0 Å². The molecule has 2 N–H and O–H groups in total. The zero-order chi connectivity index (χ0) is 13.7. The van der Waals surface area contributed by atoms with Gasteiger partial charge in [-0.15, -0.1) is 0 Å². The highest BCUT2D eigenvalue weighted by Gasteiger charge is 2.02. The molecule has 100 valence electrons. The molecule has 3 nitrogen and oxygen atoms in total. The van der Waals surface area contributed by atoms with E-state index in [0.717, 1.165) is 12.3 Å². The van der Waals surface area contributed by atoms with Crippen LogP contribution in [-0.4, -0.2) is 20.2 Å². The van der Waals surface area contributed by atoms with Crippen LogP contribution in [0.1, 0.15) is 5.56 Å². The van der Waals surface area contributed by atoms with Gasteiger partial charge in [0.15, 0.2) is 0 Å². The van der Waals surface area contributed by atoms with E-state index in [4.69, 9.17) is 10.5 Å². The maximum absolute atomic E-state index is 5.83. The standard InChI is InChI=1S/C16H20N2O/c1-13-7-9-14(10-8-13)18(2)11-12-19-16-6-4-3-5-15(16)17/h3-10H,11-12,17H2,1-2H3. The number of anilines is 2. The smallest absolute Gasteiger partial charge is 0.142 e. The quantitative estimate of drug-likeness (QED) is 0.835. The normalized spacial score (nSPS) is 10.2. The first-order valence-corrected chi connectivity index (χ1v) is 6.42. The monoisotopic (exact) mass is 256 g/mol. The second-order valence-electron chi connectivity index (χ2n) is 4.64. The SMILES string of the molecule is Cc1ccc(N(C)CCOc2ccccc2N)cc1. The molecule has 0 aliphatic carbocycles. The van der Waals surface area contributed by atoms with E-state index in [1.54, 1.807) is 0 Å². The third-order valence-electron chi connectivity index (χ3n) is 3.08. The van der Waals surface area contributed by atoms with Crippen molar-refractivity contribution >= 4 is 11.4 Å². The molecule has 3 heteroatoms. The fourth-order valence-electron chi connectivity index (χ4n) is 1.83. The van der Waals surface area contributed by atoms with Gasteiger partial charge >= 0.3 is 0 Å². The van der Waals surface area contributed by atoms with Crippen molar-refractivity contribution < 1.29 is 4.74 Å². The van der Waals surface area contributed by atoms with E-state index in [2.05, 4.69) is 43.1 Å². The molecule has 0 spiro atoms. The number of ether oxygens (including phenoxy) is 1. The Morgan fingerprint density at radius 2 is 1.74 bits per heavy atom. The Balaban J connectivity index is 1.86. The first-order chi connectivity index (χ1) is 9.16. The van der Waals surface area contributed by atoms with Gasteiger partial charge in [-0.25, -0.2) is 0 Å². The van der Waals surface area contributed by atoms with Crippen molar-refractivity contribution in [3.05, 3.63) is 54.1 Å². The minimum atomic E-state index is 0.610.